The predicted octanol–water partition coefficient (Wildman–Crippen LogP) is 1.44. The van der Waals surface area contributed by atoms with Gasteiger partial charge in [-0.3, -0.25) is 9.88 Å². The lowest BCUT2D eigenvalue weighted by atomic mass is 10.2. The fraction of sp³-hybridized carbons (Fsp3) is 0.545. The number of rotatable bonds is 2. The van der Waals surface area contributed by atoms with E-state index in [-0.39, 0.29) is 18.2 Å². The molecule has 16 heavy (non-hydrogen) atoms. The Bertz CT molecular complexity index is 335. The number of halogens is 2. The van der Waals surface area contributed by atoms with Gasteiger partial charge in [-0.25, -0.2) is 4.39 Å². The monoisotopic (exact) mass is 245 g/mol. The molecule has 90 valence electrons. The molecule has 1 aromatic heterocycles. The van der Waals surface area contributed by atoms with Gasteiger partial charge in [0.15, 0.2) is 0 Å². The van der Waals surface area contributed by atoms with Crippen LogP contribution in [0.2, 0.25) is 0 Å². The Morgan fingerprint density at radius 1 is 1.56 bits per heavy atom. The van der Waals surface area contributed by atoms with E-state index in [0.717, 1.165) is 31.7 Å². The van der Waals surface area contributed by atoms with Crippen LogP contribution in [-0.2, 0) is 6.54 Å². The first kappa shape index (κ1) is 13.4. The molecule has 1 aliphatic heterocycles. The lowest BCUT2D eigenvalue weighted by Gasteiger charge is -2.31. The van der Waals surface area contributed by atoms with Crippen LogP contribution in [0.3, 0.4) is 0 Å². The Kier molecular flexibility index (Phi) is 5.12. The van der Waals surface area contributed by atoms with Gasteiger partial charge in [-0.05, 0) is 18.6 Å². The lowest BCUT2D eigenvalue weighted by Crippen LogP contribution is -2.48. The van der Waals surface area contributed by atoms with E-state index in [0.29, 0.717) is 6.04 Å². The highest BCUT2D eigenvalue weighted by atomic mass is 35.5. The van der Waals surface area contributed by atoms with Crippen molar-refractivity contribution in [2.24, 2.45) is 0 Å². The quantitative estimate of drug-likeness (QED) is 0.855. The molecule has 0 saturated carbocycles. The number of aromatic nitrogens is 1. The Hall–Kier alpha value is -0.710. The van der Waals surface area contributed by atoms with E-state index in [1.54, 1.807) is 12.3 Å². The summed E-state index contributed by atoms with van der Waals surface area (Å²) in [5.74, 6) is -0.254. The SMILES string of the molecule is C[C@H]1CN(Cc2cncc(F)c2)CCN1.Cl. The van der Waals surface area contributed by atoms with Crippen LogP contribution < -0.4 is 5.32 Å². The first-order valence-corrected chi connectivity index (χ1v) is 5.29. The summed E-state index contributed by atoms with van der Waals surface area (Å²) >= 11 is 0. The van der Waals surface area contributed by atoms with Gasteiger partial charge in [-0.1, -0.05) is 0 Å². The topological polar surface area (TPSA) is 28.2 Å². The van der Waals surface area contributed by atoms with Crippen molar-refractivity contribution in [1.82, 2.24) is 15.2 Å². The zero-order valence-electron chi connectivity index (χ0n) is 9.32. The summed E-state index contributed by atoms with van der Waals surface area (Å²) < 4.78 is 12.9. The van der Waals surface area contributed by atoms with Gasteiger partial charge in [0, 0.05) is 38.4 Å². The van der Waals surface area contributed by atoms with E-state index in [2.05, 4.69) is 22.1 Å². The van der Waals surface area contributed by atoms with Crippen LogP contribution in [0, 0.1) is 5.82 Å². The summed E-state index contributed by atoms with van der Waals surface area (Å²) in [7, 11) is 0. The minimum Gasteiger partial charge on any atom is -0.312 e. The minimum absolute atomic E-state index is 0. The lowest BCUT2D eigenvalue weighted by molar-refractivity contribution is 0.199. The number of nitrogens with one attached hydrogen (secondary N) is 1. The number of pyridine rings is 1. The molecule has 3 nitrogen and oxygen atoms in total. The van der Waals surface area contributed by atoms with Crippen LogP contribution >= 0.6 is 12.4 Å². The van der Waals surface area contributed by atoms with Crippen molar-refractivity contribution in [1.29, 1.82) is 0 Å². The second-order valence-electron chi connectivity index (χ2n) is 4.10. The molecule has 1 aromatic rings. The van der Waals surface area contributed by atoms with Gasteiger partial charge in [0.05, 0.1) is 6.20 Å². The van der Waals surface area contributed by atoms with Gasteiger partial charge >= 0.3 is 0 Å². The predicted molar refractivity (Wildman–Crippen MR) is 64.2 cm³/mol. The molecule has 0 aromatic carbocycles. The van der Waals surface area contributed by atoms with E-state index in [9.17, 15) is 4.39 Å². The highest BCUT2D eigenvalue weighted by Gasteiger charge is 2.15. The molecule has 0 spiro atoms. The van der Waals surface area contributed by atoms with Crippen molar-refractivity contribution in [3.8, 4) is 0 Å². The van der Waals surface area contributed by atoms with Crippen molar-refractivity contribution in [2.45, 2.75) is 19.5 Å². The molecule has 2 rings (SSSR count). The first-order valence-electron chi connectivity index (χ1n) is 5.29. The number of piperazine rings is 1. The molecular formula is C11H17ClFN3. The Morgan fingerprint density at radius 2 is 2.38 bits per heavy atom. The van der Waals surface area contributed by atoms with Crippen LogP contribution in [0.4, 0.5) is 4.39 Å². The fourth-order valence-electron chi connectivity index (χ4n) is 1.96. The molecular weight excluding hydrogens is 229 g/mol. The van der Waals surface area contributed by atoms with E-state index < -0.39 is 0 Å². The average molecular weight is 246 g/mol. The molecule has 0 amide bonds. The van der Waals surface area contributed by atoms with Crippen molar-refractivity contribution in [3.63, 3.8) is 0 Å². The molecule has 0 aliphatic carbocycles. The fourth-order valence-corrected chi connectivity index (χ4v) is 1.96. The second kappa shape index (κ2) is 6.13. The number of hydrogen-bond donors (Lipinski definition) is 1. The maximum Gasteiger partial charge on any atom is 0.141 e. The zero-order valence-corrected chi connectivity index (χ0v) is 10.1. The third-order valence-electron chi connectivity index (χ3n) is 2.62. The molecule has 1 N–H and O–H groups in total. The van der Waals surface area contributed by atoms with Crippen LogP contribution in [0.1, 0.15) is 12.5 Å². The first-order chi connectivity index (χ1) is 7.24. The van der Waals surface area contributed by atoms with Gasteiger partial charge in [0.25, 0.3) is 0 Å². The molecule has 0 bridgehead atoms. The van der Waals surface area contributed by atoms with E-state index in [4.69, 9.17) is 0 Å². The summed E-state index contributed by atoms with van der Waals surface area (Å²) in [6, 6.07) is 2.07. The number of hydrogen-bond acceptors (Lipinski definition) is 3. The molecule has 1 saturated heterocycles. The summed E-state index contributed by atoms with van der Waals surface area (Å²) in [6.07, 6.45) is 2.97. The summed E-state index contributed by atoms with van der Waals surface area (Å²) in [5.41, 5.74) is 0.948. The van der Waals surface area contributed by atoms with Crippen LogP contribution in [0.25, 0.3) is 0 Å². The molecule has 5 heteroatoms. The van der Waals surface area contributed by atoms with Crippen LogP contribution in [0.5, 0.6) is 0 Å². The highest BCUT2D eigenvalue weighted by molar-refractivity contribution is 5.85. The third kappa shape index (κ3) is 3.70. The van der Waals surface area contributed by atoms with Crippen molar-refractivity contribution >= 4 is 12.4 Å². The summed E-state index contributed by atoms with van der Waals surface area (Å²) in [6.45, 7) is 5.98. The van der Waals surface area contributed by atoms with Crippen LogP contribution in [0.15, 0.2) is 18.5 Å². The van der Waals surface area contributed by atoms with Gasteiger partial charge in [-0.15, -0.1) is 12.4 Å². The molecule has 0 radical (unpaired) electrons. The van der Waals surface area contributed by atoms with Crippen molar-refractivity contribution in [2.75, 3.05) is 19.6 Å². The average Bonchev–Trinajstić information content (AvgIpc) is 2.17. The van der Waals surface area contributed by atoms with Gasteiger partial charge < -0.3 is 5.32 Å². The number of nitrogens with zero attached hydrogens (tertiary/aromatic N) is 2. The molecule has 2 heterocycles. The zero-order chi connectivity index (χ0) is 10.7. The molecule has 1 atom stereocenters. The van der Waals surface area contributed by atoms with Crippen molar-refractivity contribution in [3.05, 3.63) is 29.8 Å². The summed E-state index contributed by atoms with van der Waals surface area (Å²) in [5, 5.41) is 3.38. The Balaban J connectivity index is 0.00000128. The van der Waals surface area contributed by atoms with Crippen LogP contribution in [-0.4, -0.2) is 35.6 Å². The van der Waals surface area contributed by atoms with Gasteiger partial charge in [0.2, 0.25) is 0 Å². The van der Waals surface area contributed by atoms with E-state index in [1.165, 1.54) is 6.20 Å². The highest BCUT2D eigenvalue weighted by Crippen LogP contribution is 2.07. The van der Waals surface area contributed by atoms with Gasteiger partial charge in [0.1, 0.15) is 5.82 Å². The Morgan fingerprint density at radius 3 is 3.06 bits per heavy atom. The third-order valence-corrected chi connectivity index (χ3v) is 2.62. The largest absolute Gasteiger partial charge is 0.312 e. The normalized spacial score (nSPS) is 21.5. The standard InChI is InChI=1S/C11H16FN3.ClH/c1-9-7-15(3-2-14-9)8-10-4-11(12)6-13-5-10;/h4-6,9,14H,2-3,7-8H2,1H3;1H/t9-;/m0./s1. The van der Waals surface area contributed by atoms with E-state index >= 15 is 0 Å². The van der Waals surface area contributed by atoms with E-state index in [1.807, 2.05) is 0 Å². The molecule has 0 unspecified atom stereocenters. The summed E-state index contributed by atoms with van der Waals surface area (Å²) in [4.78, 5) is 6.17. The Labute approximate surface area is 101 Å². The van der Waals surface area contributed by atoms with Crippen molar-refractivity contribution < 1.29 is 4.39 Å². The maximum absolute atomic E-state index is 12.9. The molecule has 1 fully saturated rings. The van der Waals surface area contributed by atoms with Gasteiger partial charge in [-0.2, -0.15) is 0 Å². The molecule has 1 aliphatic rings. The smallest absolute Gasteiger partial charge is 0.141 e. The second-order valence-corrected chi connectivity index (χ2v) is 4.10. The maximum atomic E-state index is 12.9. The minimum atomic E-state index is -0.254.